The van der Waals surface area contributed by atoms with Crippen LogP contribution in [0.5, 0.6) is 0 Å². The second-order valence-corrected chi connectivity index (χ2v) is 7.14. The van der Waals surface area contributed by atoms with Gasteiger partial charge in [-0.1, -0.05) is 25.1 Å². The van der Waals surface area contributed by atoms with Crippen molar-refractivity contribution in [1.29, 1.82) is 0 Å². The number of thioether (sulfide) groups is 1. The number of aliphatic carboxylic acids is 1. The first-order chi connectivity index (χ1) is 11.5. The van der Waals surface area contributed by atoms with Crippen molar-refractivity contribution in [2.45, 2.75) is 25.7 Å². The molecule has 0 saturated heterocycles. The van der Waals surface area contributed by atoms with E-state index in [9.17, 15) is 9.90 Å². The number of carboxylic acids is 1. The standard InChI is InChI=1S/C16H22N4O3S/c1-16(2,15-19-11-23-20-15)12(9-14(21)22)10-24-8-7-18-13-5-3-4-6-17-13/h3-6,11-12H,7-10H2,1-2H3,(H,17,18)(H,21,22). The average Bonchev–Trinajstić information content (AvgIpc) is 3.09. The monoisotopic (exact) mass is 350 g/mol. The number of nitrogens with one attached hydrogen (secondary N) is 1. The molecule has 0 fully saturated rings. The van der Waals surface area contributed by atoms with Crippen LogP contribution in [0.2, 0.25) is 0 Å². The molecule has 0 aliphatic carbocycles. The number of hydrogen-bond donors (Lipinski definition) is 2. The molecule has 2 heterocycles. The first kappa shape index (κ1) is 18.3. The summed E-state index contributed by atoms with van der Waals surface area (Å²) in [6.07, 6.45) is 3.09. The van der Waals surface area contributed by atoms with Crippen LogP contribution in [-0.4, -0.2) is 44.3 Å². The van der Waals surface area contributed by atoms with E-state index in [0.29, 0.717) is 11.6 Å². The number of rotatable bonds is 10. The van der Waals surface area contributed by atoms with E-state index in [2.05, 4.69) is 20.4 Å². The van der Waals surface area contributed by atoms with Gasteiger partial charge >= 0.3 is 5.97 Å². The molecule has 1 unspecified atom stereocenters. The Bertz CT molecular complexity index is 620. The molecule has 24 heavy (non-hydrogen) atoms. The van der Waals surface area contributed by atoms with Gasteiger partial charge in [0, 0.05) is 30.3 Å². The van der Waals surface area contributed by atoms with Gasteiger partial charge in [0.15, 0.2) is 5.82 Å². The average molecular weight is 350 g/mol. The zero-order valence-electron chi connectivity index (χ0n) is 13.8. The molecular formula is C16H22N4O3S. The predicted octanol–water partition coefficient (Wildman–Crippen LogP) is 2.68. The lowest BCUT2D eigenvalue weighted by Gasteiger charge is -2.30. The van der Waals surface area contributed by atoms with Gasteiger partial charge in [-0.2, -0.15) is 16.7 Å². The van der Waals surface area contributed by atoms with Crippen molar-refractivity contribution in [3.8, 4) is 0 Å². The van der Waals surface area contributed by atoms with E-state index in [0.717, 1.165) is 18.1 Å². The minimum Gasteiger partial charge on any atom is -0.481 e. The van der Waals surface area contributed by atoms with Gasteiger partial charge in [-0.05, 0) is 23.8 Å². The molecule has 130 valence electrons. The Morgan fingerprint density at radius 1 is 1.42 bits per heavy atom. The smallest absolute Gasteiger partial charge is 0.303 e. The number of carboxylic acid groups (broad SMARTS) is 1. The van der Waals surface area contributed by atoms with E-state index >= 15 is 0 Å². The lowest BCUT2D eigenvalue weighted by atomic mass is 9.77. The summed E-state index contributed by atoms with van der Waals surface area (Å²) in [7, 11) is 0. The second kappa shape index (κ2) is 8.68. The lowest BCUT2D eigenvalue weighted by molar-refractivity contribution is -0.138. The molecule has 0 bridgehead atoms. The Morgan fingerprint density at radius 3 is 2.88 bits per heavy atom. The molecule has 0 aromatic carbocycles. The third-order valence-electron chi connectivity index (χ3n) is 3.92. The topological polar surface area (TPSA) is 101 Å². The predicted molar refractivity (Wildman–Crippen MR) is 93.1 cm³/mol. The lowest BCUT2D eigenvalue weighted by Crippen LogP contribution is -2.33. The van der Waals surface area contributed by atoms with Gasteiger partial charge in [0.1, 0.15) is 5.82 Å². The SMILES string of the molecule is CC(C)(c1ncon1)C(CSCCNc1ccccn1)CC(=O)O. The third kappa shape index (κ3) is 5.23. The fourth-order valence-corrected chi connectivity index (χ4v) is 3.55. The normalized spacial score (nSPS) is 12.8. The summed E-state index contributed by atoms with van der Waals surface area (Å²) >= 11 is 1.71. The number of aromatic nitrogens is 3. The molecule has 0 amide bonds. The Morgan fingerprint density at radius 2 is 2.25 bits per heavy atom. The van der Waals surface area contributed by atoms with E-state index in [1.165, 1.54) is 6.39 Å². The van der Waals surface area contributed by atoms with Gasteiger partial charge in [0.25, 0.3) is 0 Å². The van der Waals surface area contributed by atoms with Crippen LogP contribution >= 0.6 is 11.8 Å². The van der Waals surface area contributed by atoms with Crippen molar-refractivity contribution in [1.82, 2.24) is 15.1 Å². The second-order valence-electron chi connectivity index (χ2n) is 5.99. The largest absolute Gasteiger partial charge is 0.481 e. The molecule has 0 spiro atoms. The van der Waals surface area contributed by atoms with Crippen LogP contribution in [0, 0.1) is 5.92 Å². The van der Waals surface area contributed by atoms with Gasteiger partial charge in [0.2, 0.25) is 6.39 Å². The van der Waals surface area contributed by atoms with Crippen molar-refractivity contribution >= 4 is 23.5 Å². The molecule has 7 nitrogen and oxygen atoms in total. The quantitative estimate of drug-likeness (QED) is 0.631. The minimum absolute atomic E-state index is 0.0716. The number of pyridine rings is 1. The van der Waals surface area contributed by atoms with Gasteiger partial charge in [-0.3, -0.25) is 4.79 Å². The number of carbonyl (C=O) groups is 1. The Kier molecular flexibility index (Phi) is 6.60. The highest BCUT2D eigenvalue weighted by Gasteiger charge is 2.36. The first-order valence-electron chi connectivity index (χ1n) is 7.71. The van der Waals surface area contributed by atoms with Crippen molar-refractivity contribution in [2.24, 2.45) is 5.92 Å². The van der Waals surface area contributed by atoms with Crippen molar-refractivity contribution in [2.75, 3.05) is 23.4 Å². The van der Waals surface area contributed by atoms with Crippen LogP contribution in [0.15, 0.2) is 35.3 Å². The molecule has 2 aromatic rings. The summed E-state index contributed by atoms with van der Waals surface area (Å²) in [4.78, 5) is 19.5. The maximum atomic E-state index is 11.2. The first-order valence-corrected chi connectivity index (χ1v) is 8.87. The van der Waals surface area contributed by atoms with Gasteiger partial charge in [-0.15, -0.1) is 0 Å². The van der Waals surface area contributed by atoms with Crippen LogP contribution < -0.4 is 5.32 Å². The van der Waals surface area contributed by atoms with E-state index in [-0.39, 0.29) is 12.3 Å². The third-order valence-corrected chi connectivity index (χ3v) is 5.05. The highest BCUT2D eigenvalue weighted by atomic mass is 32.2. The molecule has 1 atom stereocenters. The maximum absolute atomic E-state index is 11.2. The highest BCUT2D eigenvalue weighted by Crippen LogP contribution is 2.34. The molecule has 2 aromatic heterocycles. The fraction of sp³-hybridized carbons (Fsp3) is 0.500. The van der Waals surface area contributed by atoms with Crippen molar-refractivity contribution < 1.29 is 14.4 Å². The van der Waals surface area contributed by atoms with E-state index in [1.807, 2.05) is 32.0 Å². The van der Waals surface area contributed by atoms with Crippen LogP contribution in [0.1, 0.15) is 26.1 Å². The zero-order chi connectivity index (χ0) is 17.4. The van der Waals surface area contributed by atoms with Gasteiger partial charge in [0.05, 0.1) is 0 Å². The molecule has 2 N–H and O–H groups in total. The number of nitrogens with zero attached hydrogens (tertiary/aromatic N) is 3. The zero-order valence-corrected chi connectivity index (χ0v) is 14.6. The number of anilines is 1. The molecule has 0 saturated carbocycles. The van der Waals surface area contributed by atoms with Gasteiger partial charge in [-0.25, -0.2) is 4.98 Å². The number of hydrogen-bond acceptors (Lipinski definition) is 7. The summed E-state index contributed by atoms with van der Waals surface area (Å²) < 4.78 is 4.82. The van der Waals surface area contributed by atoms with E-state index in [1.54, 1.807) is 18.0 Å². The molecule has 8 heteroatoms. The minimum atomic E-state index is -0.816. The summed E-state index contributed by atoms with van der Waals surface area (Å²) in [5, 5.41) is 16.3. The summed E-state index contributed by atoms with van der Waals surface area (Å²) in [5.41, 5.74) is -0.465. The maximum Gasteiger partial charge on any atom is 0.303 e. The molecular weight excluding hydrogens is 328 g/mol. The van der Waals surface area contributed by atoms with Gasteiger partial charge < -0.3 is 14.9 Å². The molecule has 0 radical (unpaired) electrons. The van der Waals surface area contributed by atoms with Crippen LogP contribution in [0.4, 0.5) is 5.82 Å². The van der Waals surface area contributed by atoms with Crippen LogP contribution in [0.25, 0.3) is 0 Å². The van der Waals surface area contributed by atoms with E-state index in [4.69, 9.17) is 4.52 Å². The van der Waals surface area contributed by atoms with Crippen LogP contribution in [0.3, 0.4) is 0 Å². The summed E-state index contributed by atoms with van der Waals surface area (Å²) in [6, 6.07) is 5.71. The van der Waals surface area contributed by atoms with E-state index < -0.39 is 11.4 Å². The van der Waals surface area contributed by atoms with Crippen molar-refractivity contribution in [3.63, 3.8) is 0 Å². The highest BCUT2D eigenvalue weighted by molar-refractivity contribution is 7.99. The van der Waals surface area contributed by atoms with Crippen molar-refractivity contribution in [3.05, 3.63) is 36.6 Å². The molecule has 0 aliphatic heterocycles. The van der Waals surface area contributed by atoms with Crippen LogP contribution in [-0.2, 0) is 10.2 Å². The fourth-order valence-electron chi connectivity index (χ4n) is 2.31. The summed E-state index contributed by atoms with van der Waals surface area (Å²) in [5.74, 6) is 2.04. The Hall–Kier alpha value is -2.09. The Labute approximate surface area is 145 Å². The molecule has 0 aliphatic rings. The summed E-state index contributed by atoms with van der Waals surface area (Å²) in [6.45, 7) is 4.68. The molecule has 2 rings (SSSR count). The Balaban J connectivity index is 1.84.